The minimum Gasteiger partial charge on any atom is -0.493 e. The molecule has 0 bridgehead atoms. The van der Waals surface area contributed by atoms with Crippen LogP contribution in [0, 0.1) is 0 Å². The Hall–Kier alpha value is -2.54. The summed E-state index contributed by atoms with van der Waals surface area (Å²) in [4.78, 5) is 13.2. The lowest BCUT2D eigenvalue weighted by Gasteiger charge is -2.15. The molecular weight excluding hydrogens is 330 g/mol. The van der Waals surface area contributed by atoms with Gasteiger partial charge in [-0.1, -0.05) is 6.07 Å². The molecule has 2 rings (SSSR count). The van der Waals surface area contributed by atoms with E-state index in [1.54, 1.807) is 42.7 Å². The number of hydrogen-bond acceptors (Lipinski definition) is 5. The second-order valence-electron chi connectivity index (χ2n) is 4.82. The molecule has 0 aliphatic heterocycles. The molecule has 0 aromatic heterocycles. The molecule has 0 spiro atoms. The molecule has 1 N–H and O–H groups in total. The number of nitrogens with one attached hydrogen (secondary N) is 1. The van der Waals surface area contributed by atoms with Crippen LogP contribution in [0.5, 0.6) is 17.2 Å². The van der Waals surface area contributed by atoms with Gasteiger partial charge >= 0.3 is 0 Å². The van der Waals surface area contributed by atoms with E-state index in [0.717, 1.165) is 0 Å². The number of carbonyl (C=O) groups is 1. The molecule has 0 fully saturated rings. The maximum Gasteiger partial charge on any atom is 0.259 e. The zero-order valence-corrected chi connectivity index (χ0v) is 14.7. The number of methoxy groups -OCH3 is 3. The van der Waals surface area contributed by atoms with Crippen molar-refractivity contribution in [2.45, 2.75) is 4.90 Å². The molecule has 1 amide bonds. The minimum absolute atomic E-state index is 0.282. The van der Waals surface area contributed by atoms with Crippen LogP contribution in [0.4, 0.5) is 5.69 Å². The van der Waals surface area contributed by atoms with Gasteiger partial charge < -0.3 is 19.5 Å². The Morgan fingerprint density at radius 2 is 1.71 bits per heavy atom. The zero-order chi connectivity index (χ0) is 17.7. The Labute approximate surface area is 143 Å². The van der Waals surface area contributed by atoms with E-state index >= 15 is 0 Å². The summed E-state index contributed by atoms with van der Waals surface area (Å²) in [6.07, 6.45) is 1.58. The molecule has 0 radical (unpaired) electrons. The molecule has 24 heavy (non-hydrogen) atoms. The summed E-state index contributed by atoms with van der Waals surface area (Å²) < 4.78 is 27.4. The Bertz CT molecular complexity index is 776. The average molecular weight is 349 g/mol. The van der Waals surface area contributed by atoms with Crippen LogP contribution in [0.3, 0.4) is 0 Å². The number of ether oxygens (including phenoxy) is 3. The number of carbonyl (C=O) groups excluding carboxylic acids is 1. The van der Waals surface area contributed by atoms with Gasteiger partial charge in [0, 0.05) is 27.6 Å². The number of hydrogen-bond donors (Lipinski definition) is 1. The molecule has 0 saturated heterocycles. The van der Waals surface area contributed by atoms with E-state index in [-0.39, 0.29) is 11.7 Å². The number of anilines is 1. The maximum atomic E-state index is 12.6. The molecule has 0 saturated carbocycles. The first kappa shape index (κ1) is 17.8. The highest BCUT2D eigenvalue weighted by Gasteiger charge is 2.20. The van der Waals surface area contributed by atoms with Gasteiger partial charge in [0.05, 0.1) is 26.9 Å². The van der Waals surface area contributed by atoms with Gasteiger partial charge in [-0.3, -0.25) is 9.00 Å². The smallest absolute Gasteiger partial charge is 0.259 e. The summed E-state index contributed by atoms with van der Waals surface area (Å²) >= 11 is 0. The Kier molecular flexibility index (Phi) is 5.81. The Morgan fingerprint density at radius 1 is 1.00 bits per heavy atom. The van der Waals surface area contributed by atoms with E-state index in [2.05, 4.69) is 5.32 Å². The zero-order valence-electron chi connectivity index (χ0n) is 13.9. The lowest BCUT2D eigenvalue weighted by atomic mass is 10.1. The number of amides is 1. The van der Waals surface area contributed by atoms with Gasteiger partial charge in [-0.05, 0) is 30.3 Å². The molecule has 0 aliphatic rings. The molecule has 6 nitrogen and oxygen atoms in total. The van der Waals surface area contributed by atoms with E-state index in [4.69, 9.17) is 14.2 Å². The third kappa shape index (κ3) is 3.68. The molecule has 0 aliphatic carbocycles. The summed E-state index contributed by atoms with van der Waals surface area (Å²) in [5.74, 6) is 0.724. The molecule has 2 aromatic carbocycles. The topological polar surface area (TPSA) is 73.9 Å². The van der Waals surface area contributed by atoms with Crippen LogP contribution >= 0.6 is 0 Å². The lowest BCUT2D eigenvalue weighted by Crippen LogP contribution is -2.14. The normalized spacial score (nSPS) is 11.5. The molecule has 0 heterocycles. The van der Waals surface area contributed by atoms with E-state index in [0.29, 0.717) is 27.6 Å². The van der Waals surface area contributed by atoms with E-state index in [1.165, 1.54) is 21.3 Å². The predicted octanol–water partition coefficient (Wildman–Crippen LogP) is 2.70. The van der Waals surface area contributed by atoms with Crippen LogP contribution < -0.4 is 19.5 Å². The van der Waals surface area contributed by atoms with Crippen molar-refractivity contribution in [3.63, 3.8) is 0 Å². The van der Waals surface area contributed by atoms with Crippen LogP contribution in [-0.4, -0.2) is 37.7 Å². The standard InChI is InChI=1S/C17H19NO5S/c1-21-14-9-8-13(15(22-2)16(14)23-3)17(19)18-11-6-5-7-12(10-11)24(4)20/h5-10H,1-4H3,(H,18,19)/t24-/m1/s1. The van der Waals surface area contributed by atoms with Crippen LogP contribution in [-0.2, 0) is 10.8 Å². The Morgan fingerprint density at radius 3 is 2.29 bits per heavy atom. The van der Waals surface area contributed by atoms with E-state index < -0.39 is 10.8 Å². The van der Waals surface area contributed by atoms with Crippen LogP contribution in [0.2, 0.25) is 0 Å². The van der Waals surface area contributed by atoms with Crippen LogP contribution in [0.25, 0.3) is 0 Å². The van der Waals surface area contributed by atoms with Gasteiger partial charge in [-0.25, -0.2) is 0 Å². The third-order valence-electron chi connectivity index (χ3n) is 3.37. The lowest BCUT2D eigenvalue weighted by molar-refractivity contribution is 0.102. The van der Waals surface area contributed by atoms with Crippen molar-refractivity contribution in [3.8, 4) is 17.2 Å². The van der Waals surface area contributed by atoms with Crippen molar-refractivity contribution in [2.24, 2.45) is 0 Å². The molecule has 2 aromatic rings. The van der Waals surface area contributed by atoms with Gasteiger partial charge in [-0.2, -0.15) is 0 Å². The maximum absolute atomic E-state index is 12.6. The number of benzene rings is 2. The predicted molar refractivity (Wildman–Crippen MR) is 92.8 cm³/mol. The summed E-state index contributed by atoms with van der Waals surface area (Å²) in [5, 5.41) is 2.77. The first-order chi connectivity index (χ1) is 11.5. The van der Waals surface area contributed by atoms with Crippen molar-refractivity contribution in [3.05, 3.63) is 42.0 Å². The van der Waals surface area contributed by atoms with Crippen molar-refractivity contribution < 1.29 is 23.2 Å². The fraction of sp³-hybridized carbons (Fsp3) is 0.235. The molecule has 128 valence electrons. The first-order valence-electron chi connectivity index (χ1n) is 7.05. The molecular formula is C17H19NO5S. The van der Waals surface area contributed by atoms with Gasteiger partial charge in [0.1, 0.15) is 0 Å². The first-order valence-corrected chi connectivity index (χ1v) is 8.61. The Balaban J connectivity index is 2.36. The second kappa shape index (κ2) is 7.83. The summed E-state index contributed by atoms with van der Waals surface area (Å²) in [7, 11) is 3.31. The van der Waals surface area contributed by atoms with Gasteiger partial charge in [0.25, 0.3) is 5.91 Å². The van der Waals surface area contributed by atoms with Crippen molar-refractivity contribution in [2.75, 3.05) is 32.9 Å². The molecule has 0 unspecified atom stereocenters. The van der Waals surface area contributed by atoms with Gasteiger partial charge in [0.15, 0.2) is 11.5 Å². The number of rotatable bonds is 6. The fourth-order valence-electron chi connectivity index (χ4n) is 2.23. The largest absolute Gasteiger partial charge is 0.493 e. The van der Waals surface area contributed by atoms with Gasteiger partial charge in [0.2, 0.25) is 5.75 Å². The van der Waals surface area contributed by atoms with E-state index in [9.17, 15) is 9.00 Å². The van der Waals surface area contributed by atoms with Crippen LogP contribution in [0.15, 0.2) is 41.3 Å². The van der Waals surface area contributed by atoms with Crippen molar-refractivity contribution >= 4 is 22.4 Å². The SMILES string of the molecule is COc1ccc(C(=O)Nc2cccc([S@@](C)=O)c2)c(OC)c1OC. The van der Waals surface area contributed by atoms with Gasteiger partial charge in [-0.15, -0.1) is 0 Å². The minimum atomic E-state index is -1.13. The van der Waals surface area contributed by atoms with Crippen molar-refractivity contribution in [1.29, 1.82) is 0 Å². The monoisotopic (exact) mass is 349 g/mol. The summed E-state index contributed by atoms with van der Waals surface area (Å²) in [6.45, 7) is 0. The highest BCUT2D eigenvalue weighted by atomic mass is 32.2. The quantitative estimate of drug-likeness (QED) is 0.868. The fourth-order valence-corrected chi connectivity index (χ4v) is 2.79. The average Bonchev–Trinajstić information content (AvgIpc) is 2.60. The summed E-state index contributed by atoms with van der Waals surface area (Å²) in [5.41, 5.74) is 0.850. The van der Waals surface area contributed by atoms with Crippen LogP contribution in [0.1, 0.15) is 10.4 Å². The van der Waals surface area contributed by atoms with E-state index in [1.807, 2.05) is 0 Å². The second-order valence-corrected chi connectivity index (χ2v) is 6.20. The molecule has 1 atom stereocenters. The third-order valence-corrected chi connectivity index (χ3v) is 4.29. The highest BCUT2D eigenvalue weighted by molar-refractivity contribution is 7.84. The highest BCUT2D eigenvalue weighted by Crippen LogP contribution is 2.39. The van der Waals surface area contributed by atoms with Crippen molar-refractivity contribution in [1.82, 2.24) is 0 Å². The molecule has 7 heteroatoms. The summed E-state index contributed by atoms with van der Waals surface area (Å²) in [6, 6.07) is 10.1.